The zero-order valence-corrected chi connectivity index (χ0v) is 16.7. The highest BCUT2D eigenvalue weighted by Crippen LogP contribution is 2.31. The van der Waals surface area contributed by atoms with Gasteiger partial charge in [-0.1, -0.05) is 30.3 Å². The van der Waals surface area contributed by atoms with Crippen LogP contribution >= 0.6 is 0 Å². The molecule has 0 bridgehead atoms. The number of nitriles is 1. The van der Waals surface area contributed by atoms with Crippen LogP contribution in [0.15, 0.2) is 48.5 Å². The van der Waals surface area contributed by atoms with Crippen LogP contribution in [0.1, 0.15) is 55.6 Å². The Morgan fingerprint density at radius 1 is 1.29 bits per heavy atom. The predicted octanol–water partition coefficient (Wildman–Crippen LogP) is 2.68. The third-order valence-corrected chi connectivity index (χ3v) is 5.28. The molecule has 156 valence electrons. The molecule has 0 aliphatic carbocycles. The van der Waals surface area contributed by atoms with Gasteiger partial charge in [-0.05, 0) is 42.2 Å². The fraction of sp³-hybridized carbons (Fsp3) is 0.217. The summed E-state index contributed by atoms with van der Waals surface area (Å²) in [4.78, 5) is 25.0. The van der Waals surface area contributed by atoms with Crippen molar-refractivity contribution in [3.63, 3.8) is 0 Å². The zero-order chi connectivity index (χ0) is 21.8. The van der Waals surface area contributed by atoms with E-state index in [4.69, 9.17) is 15.7 Å². The first-order valence-corrected chi connectivity index (χ1v) is 9.96. The summed E-state index contributed by atoms with van der Waals surface area (Å²) in [5.41, 5.74) is 9.33. The number of esters is 1. The highest BCUT2D eigenvalue weighted by Gasteiger charge is 2.28. The number of nitrogens with zero attached hydrogens (tertiary/aromatic N) is 2. The number of nitrogen functional groups attached to an aromatic ring is 1. The Morgan fingerprint density at radius 2 is 2.10 bits per heavy atom. The molecule has 3 aromatic rings. The van der Waals surface area contributed by atoms with Crippen LogP contribution in [-0.2, 0) is 17.6 Å². The number of benzene rings is 2. The minimum Gasteiger partial charge on any atom is -0.454 e. The van der Waals surface area contributed by atoms with Crippen molar-refractivity contribution in [2.45, 2.75) is 25.4 Å². The maximum Gasteiger partial charge on any atom is 0.339 e. The number of hydrogen-bond acceptors (Lipinski definition) is 6. The molecular weight excluding hydrogens is 394 g/mol. The van der Waals surface area contributed by atoms with Crippen molar-refractivity contribution in [2.75, 3.05) is 12.3 Å². The molecule has 2 aromatic carbocycles. The molecule has 1 aliphatic heterocycles. The van der Waals surface area contributed by atoms with Crippen molar-refractivity contribution in [3.05, 3.63) is 82.0 Å². The van der Waals surface area contributed by atoms with E-state index in [1.807, 2.05) is 36.4 Å². The summed E-state index contributed by atoms with van der Waals surface area (Å²) in [5.74, 6) is -0.417. The van der Waals surface area contributed by atoms with Crippen molar-refractivity contribution in [1.82, 2.24) is 15.5 Å². The topological polar surface area (TPSA) is 134 Å². The Bertz CT molecular complexity index is 1160. The number of fused-ring (bicyclic) bond motifs is 1. The van der Waals surface area contributed by atoms with Gasteiger partial charge in [-0.25, -0.2) is 4.79 Å². The predicted molar refractivity (Wildman–Crippen MR) is 113 cm³/mol. The van der Waals surface area contributed by atoms with Gasteiger partial charge in [0, 0.05) is 18.5 Å². The van der Waals surface area contributed by atoms with Gasteiger partial charge < -0.3 is 15.8 Å². The van der Waals surface area contributed by atoms with Crippen LogP contribution in [0.3, 0.4) is 0 Å². The van der Waals surface area contributed by atoms with Crippen molar-refractivity contribution in [2.24, 2.45) is 0 Å². The molecule has 0 fully saturated rings. The third kappa shape index (κ3) is 4.26. The fourth-order valence-corrected chi connectivity index (χ4v) is 3.66. The van der Waals surface area contributed by atoms with Crippen LogP contribution in [0, 0.1) is 11.3 Å². The molecule has 0 saturated carbocycles. The Balaban J connectivity index is 1.38. The Labute approximate surface area is 179 Å². The fourth-order valence-electron chi connectivity index (χ4n) is 3.66. The molecule has 8 heteroatoms. The Morgan fingerprint density at radius 3 is 2.87 bits per heavy atom. The molecule has 0 spiro atoms. The van der Waals surface area contributed by atoms with Crippen molar-refractivity contribution in [3.8, 4) is 6.07 Å². The molecule has 0 saturated heterocycles. The van der Waals surface area contributed by atoms with Gasteiger partial charge in [-0.3, -0.25) is 9.89 Å². The summed E-state index contributed by atoms with van der Waals surface area (Å²) in [6.45, 7) is 0.425. The number of H-pyrrole nitrogens is 1. The first-order valence-electron chi connectivity index (χ1n) is 9.96. The number of aromatic amines is 1. The number of ether oxygens (including phenoxy) is 1. The molecular formula is C23H21N5O3. The second-order valence-corrected chi connectivity index (χ2v) is 7.31. The van der Waals surface area contributed by atoms with E-state index < -0.39 is 0 Å². The zero-order valence-electron chi connectivity index (χ0n) is 16.7. The van der Waals surface area contributed by atoms with E-state index in [2.05, 4.69) is 15.5 Å². The Kier molecular flexibility index (Phi) is 5.67. The van der Waals surface area contributed by atoms with E-state index in [1.54, 1.807) is 18.2 Å². The minimum atomic E-state index is -0.380. The second-order valence-electron chi connectivity index (χ2n) is 7.31. The van der Waals surface area contributed by atoms with E-state index in [1.165, 1.54) is 0 Å². The van der Waals surface area contributed by atoms with E-state index in [9.17, 15) is 9.59 Å². The van der Waals surface area contributed by atoms with Gasteiger partial charge in [0.15, 0.2) is 5.82 Å². The molecule has 1 aliphatic rings. The number of rotatable bonds is 6. The summed E-state index contributed by atoms with van der Waals surface area (Å²) in [6, 6.07) is 16.6. The number of cyclic esters (lactones) is 1. The summed E-state index contributed by atoms with van der Waals surface area (Å²) in [7, 11) is 0. The SMILES string of the molecule is N#Cc1c(N)n[nH]c1CCCNC(=O)c1ccc2c(c1)CC(c1ccccc1)OC2=O. The minimum absolute atomic E-state index is 0.183. The number of carbonyl (C=O) groups is 2. The number of nitrogens with one attached hydrogen (secondary N) is 2. The van der Waals surface area contributed by atoms with Crippen molar-refractivity contribution < 1.29 is 14.3 Å². The van der Waals surface area contributed by atoms with Gasteiger partial charge >= 0.3 is 5.97 Å². The maximum absolute atomic E-state index is 12.6. The summed E-state index contributed by atoms with van der Waals surface area (Å²) in [6.07, 6.45) is 1.32. The lowest BCUT2D eigenvalue weighted by Crippen LogP contribution is -2.26. The van der Waals surface area contributed by atoms with Crippen LogP contribution in [0.2, 0.25) is 0 Å². The van der Waals surface area contributed by atoms with Crippen molar-refractivity contribution >= 4 is 17.7 Å². The average molecular weight is 415 g/mol. The molecule has 1 unspecified atom stereocenters. The summed E-state index contributed by atoms with van der Waals surface area (Å²) in [5, 5.41) is 18.5. The van der Waals surface area contributed by atoms with Gasteiger partial charge in [0.2, 0.25) is 0 Å². The molecule has 1 aromatic heterocycles. The molecule has 4 rings (SSSR count). The summed E-state index contributed by atoms with van der Waals surface area (Å²) >= 11 is 0. The first-order chi connectivity index (χ1) is 15.1. The number of nitrogens with two attached hydrogens (primary N) is 1. The number of carbonyl (C=O) groups excluding carboxylic acids is 2. The van der Waals surface area contributed by atoms with Crippen LogP contribution < -0.4 is 11.1 Å². The average Bonchev–Trinajstić information content (AvgIpc) is 3.15. The highest BCUT2D eigenvalue weighted by molar-refractivity contribution is 5.97. The monoisotopic (exact) mass is 415 g/mol. The number of anilines is 1. The van der Waals surface area contributed by atoms with Gasteiger partial charge in [-0.2, -0.15) is 10.4 Å². The van der Waals surface area contributed by atoms with Crippen LogP contribution in [0.25, 0.3) is 0 Å². The standard InChI is InChI=1S/C23H21N5O3/c24-13-18-19(27-28-21(18)25)7-4-10-26-22(29)15-8-9-17-16(11-15)12-20(31-23(17)30)14-5-2-1-3-6-14/h1-3,5-6,8-9,11,20H,4,7,10,12H2,(H,26,29)(H3,25,27,28). The van der Waals surface area contributed by atoms with Gasteiger partial charge in [0.05, 0.1) is 11.3 Å². The number of aryl methyl sites for hydroxylation is 1. The molecule has 2 heterocycles. The Hall–Kier alpha value is -4.12. The smallest absolute Gasteiger partial charge is 0.339 e. The van der Waals surface area contributed by atoms with Crippen LogP contribution in [0.5, 0.6) is 0 Å². The van der Waals surface area contributed by atoms with E-state index in [0.29, 0.717) is 48.2 Å². The molecule has 0 radical (unpaired) electrons. The number of aromatic nitrogens is 2. The van der Waals surface area contributed by atoms with Crippen LogP contribution in [-0.4, -0.2) is 28.6 Å². The third-order valence-electron chi connectivity index (χ3n) is 5.28. The van der Waals surface area contributed by atoms with Crippen molar-refractivity contribution in [1.29, 1.82) is 5.26 Å². The first kappa shape index (κ1) is 20.2. The van der Waals surface area contributed by atoms with Gasteiger partial charge in [0.25, 0.3) is 5.91 Å². The maximum atomic E-state index is 12.6. The van der Waals surface area contributed by atoms with E-state index in [-0.39, 0.29) is 23.8 Å². The van der Waals surface area contributed by atoms with E-state index >= 15 is 0 Å². The number of hydrogen-bond donors (Lipinski definition) is 3. The lowest BCUT2D eigenvalue weighted by Gasteiger charge is -2.25. The molecule has 1 atom stereocenters. The molecule has 8 nitrogen and oxygen atoms in total. The van der Waals surface area contributed by atoms with Gasteiger partial charge in [-0.15, -0.1) is 0 Å². The summed E-state index contributed by atoms with van der Waals surface area (Å²) < 4.78 is 5.56. The molecule has 1 amide bonds. The van der Waals surface area contributed by atoms with E-state index in [0.717, 1.165) is 11.1 Å². The van der Waals surface area contributed by atoms with Crippen LogP contribution in [0.4, 0.5) is 5.82 Å². The lowest BCUT2D eigenvalue weighted by atomic mass is 9.93. The second kappa shape index (κ2) is 8.71. The molecule has 31 heavy (non-hydrogen) atoms. The molecule has 4 N–H and O–H groups in total. The number of amides is 1. The van der Waals surface area contributed by atoms with Gasteiger partial charge in [0.1, 0.15) is 17.7 Å². The highest BCUT2D eigenvalue weighted by atomic mass is 16.5. The normalized spacial score (nSPS) is 14.9. The lowest BCUT2D eigenvalue weighted by molar-refractivity contribution is 0.0252. The quantitative estimate of drug-likeness (QED) is 0.419. The largest absolute Gasteiger partial charge is 0.454 e.